The van der Waals surface area contributed by atoms with E-state index in [9.17, 15) is 13.2 Å². The lowest BCUT2D eigenvalue weighted by atomic mass is 10.3. The molecule has 8 heteroatoms. The summed E-state index contributed by atoms with van der Waals surface area (Å²) in [5, 5.41) is 0. The lowest BCUT2D eigenvalue weighted by molar-refractivity contribution is 0.146. The van der Waals surface area contributed by atoms with E-state index in [0.29, 0.717) is 37.4 Å². The molecule has 122 valence electrons. The molecule has 1 aromatic heterocycles. The van der Waals surface area contributed by atoms with Gasteiger partial charge in [0.05, 0.1) is 15.1 Å². The van der Waals surface area contributed by atoms with Gasteiger partial charge in [0, 0.05) is 26.3 Å². The highest BCUT2D eigenvalue weighted by Crippen LogP contribution is 2.21. The molecule has 0 saturated carbocycles. The third kappa shape index (κ3) is 3.75. The minimum absolute atomic E-state index is 0.0725. The maximum Gasteiger partial charge on any atom is 0.308 e. The van der Waals surface area contributed by atoms with Crippen molar-refractivity contribution in [2.24, 2.45) is 0 Å². The standard InChI is InChI=1S/C14H20N2O4S2/c1-3-16-12-7-6-11(10-13(12)21-14(16)17)22(18,19)15-8-5-9-20-4-2/h6-7,10,15H,3-5,8-9H2,1-2H3. The van der Waals surface area contributed by atoms with Crippen LogP contribution in [-0.4, -0.2) is 32.7 Å². The Kier molecular flexibility index (Phi) is 5.74. The summed E-state index contributed by atoms with van der Waals surface area (Å²) < 4.78 is 34.5. The summed E-state index contributed by atoms with van der Waals surface area (Å²) in [6.45, 7) is 5.83. The number of nitrogens with zero attached hydrogens (tertiary/aromatic N) is 1. The number of nitrogens with one attached hydrogen (secondary N) is 1. The molecular formula is C14H20N2O4S2. The van der Waals surface area contributed by atoms with Crippen LogP contribution in [0.3, 0.4) is 0 Å². The molecule has 2 rings (SSSR count). The number of ether oxygens (including phenoxy) is 1. The van der Waals surface area contributed by atoms with Gasteiger partial charge >= 0.3 is 4.87 Å². The van der Waals surface area contributed by atoms with E-state index in [-0.39, 0.29) is 9.77 Å². The van der Waals surface area contributed by atoms with Gasteiger partial charge in [-0.3, -0.25) is 9.36 Å². The van der Waals surface area contributed by atoms with Crippen LogP contribution in [0.4, 0.5) is 0 Å². The van der Waals surface area contributed by atoms with Gasteiger partial charge in [0.1, 0.15) is 0 Å². The molecule has 0 amide bonds. The first-order chi connectivity index (χ1) is 10.5. The van der Waals surface area contributed by atoms with Gasteiger partial charge in [0.15, 0.2) is 0 Å². The van der Waals surface area contributed by atoms with Crippen LogP contribution in [0.25, 0.3) is 10.2 Å². The number of hydrogen-bond donors (Lipinski definition) is 1. The minimum atomic E-state index is -3.56. The molecule has 0 fully saturated rings. The van der Waals surface area contributed by atoms with E-state index in [2.05, 4.69) is 4.72 Å². The van der Waals surface area contributed by atoms with Crippen LogP contribution in [0, 0.1) is 0 Å². The van der Waals surface area contributed by atoms with Gasteiger partial charge in [-0.2, -0.15) is 0 Å². The first-order valence-electron chi connectivity index (χ1n) is 7.20. The summed E-state index contributed by atoms with van der Waals surface area (Å²) in [4.78, 5) is 11.9. The smallest absolute Gasteiger partial charge is 0.308 e. The Hall–Kier alpha value is -1.22. The SMILES string of the molecule is CCOCCCNS(=O)(=O)c1ccc2c(c1)sc(=O)n2CC. The summed E-state index contributed by atoms with van der Waals surface area (Å²) in [6.07, 6.45) is 0.620. The van der Waals surface area contributed by atoms with Crippen molar-refractivity contribution < 1.29 is 13.2 Å². The van der Waals surface area contributed by atoms with Crippen LogP contribution in [0.5, 0.6) is 0 Å². The average molecular weight is 344 g/mol. The van der Waals surface area contributed by atoms with Gasteiger partial charge in [-0.05, 0) is 38.5 Å². The summed E-state index contributed by atoms with van der Waals surface area (Å²) in [5.74, 6) is 0. The summed E-state index contributed by atoms with van der Waals surface area (Å²) in [5.41, 5.74) is 0.771. The first-order valence-corrected chi connectivity index (χ1v) is 9.50. The average Bonchev–Trinajstić information content (AvgIpc) is 2.81. The maximum atomic E-state index is 12.2. The van der Waals surface area contributed by atoms with E-state index < -0.39 is 10.0 Å². The highest BCUT2D eigenvalue weighted by molar-refractivity contribution is 7.89. The van der Waals surface area contributed by atoms with E-state index in [0.717, 1.165) is 16.9 Å². The Morgan fingerprint density at radius 1 is 1.32 bits per heavy atom. The fraction of sp³-hybridized carbons (Fsp3) is 0.500. The fourth-order valence-corrected chi connectivity index (χ4v) is 4.29. The molecule has 2 aromatic rings. The zero-order chi connectivity index (χ0) is 16.2. The Morgan fingerprint density at radius 2 is 2.09 bits per heavy atom. The van der Waals surface area contributed by atoms with E-state index >= 15 is 0 Å². The molecule has 0 atom stereocenters. The van der Waals surface area contributed by atoms with E-state index in [1.54, 1.807) is 16.7 Å². The van der Waals surface area contributed by atoms with Gasteiger partial charge in [-0.15, -0.1) is 0 Å². The third-order valence-electron chi connectivity index (χ3n) is 3.23. The van der Waals surface area contributed by atoms with Crippen LogP contribution in [-0.2, 0) is 21.3 Å². The monoisotopic (exact) mass is 344 g/mol. The van der Waals surface area contributed by atoms with E-state index in [1.165, 1.54) is 6.07 Å². The van der Waals surface area contributed by atoms with Crippen LogP contribution in [0.2, 0.25) is 0 Å². The number of sulfonamides is 1. The zero-order valence-corrected chi connectivity index (χ0v) is 14.3. The molecule has 0 aliphatic carbocycles. The van der Waals surface area contributed by atoms with Crippen molar-refractivity contribution in [3.05, 3.63) is 27.9 Å². The van der Waals surface area contributed by atoms with Gasteiger partial charge in [0.2, 0.25) is 10.0 Å². The van der Waals surface area contributed by atoms with Crippen LogP contribution in [0.15, 0.2) is 27.9 Å². The maximum absolute atomic E-state index is 12.2. The Balaban J connectivity index is 2.17. The molecule has 6 nitrogen and oxygen atoms in total. The van der Waals surface area contributed by atoms with Gasteiger partial charge < -0.3 is 4.74 Å². The molecular weight excluding hydrogens is 324 g/mol. The second kappa shape index (κ2) is 7.36. The fourth-order valence-electron chi connectivity index (χ4n) is 2.12. The van der Waals surface area contributed by atoms with Crippen LogP contribution < -0.4 is 9.60 Å². The Morgan fingerprint density at radius 3 is 2.77 bits per heavy atom. The lowest BCUT2D eigenvalue weighted by Crippen LogP contribution is -2.25. The number of hydrogen-bond acceptors (Lipinski definition) is 5. The minimum Gasteiger partial charge on any atom is -0.382 e. The van der Waals surface area contributed by atoms with Crippen molar-refractivity contribution in [3.8, 4) is 0 Å². The predicted molar refractivity (Wildman–Crippen MR) is 88.1 cm³/mol. The molecule has 0 unspecified atom stereocenters. The molecule has 1 N–H and O–H groups in total. The van der Waals surface area contributed by atoms with Gasteiger partial charge in [-0.25, -0.2) is 13.1 Å². The van der Waals surface area contributed by atoms with Crippen molar-refractivity contribution in [2.45, 2.75) is 31.7 Å². The van der Waals surface area contributed by atoms with Gasteiger partial charge in [-0.1, -0.05) is 11.3 Å². The van der Waals surface area contributed by atoms with E-state index in [1.807, 2.05) is 13.8 Å². The van der Waals surface area contributed by atoms with Crippen molar-refractivity contribution >= 4 is 31.6 Å². The van der Waals surface area contributed by atoms with E-state index in [4.69, 9.17) is 4.74 Å². The predicted octanol–water partition coefficient (Wildman–Crippen LogP) is 1.79. The molecule has 0 radical (unpaired) electrons. The van der Waals surface area contributed by atoms with Crippen LogP contribution in [0.1, 0.15) is 20.3 Å². The molecule has 22 heavy (non-hydrogen) atoms. The molecule has 1 heterocycles. The van der Waals surface area contributed by atoms with Crippen molar-refractivity contribution in [3.63, 3.8) is 0 Å². The highest BCUT2D eigenvalue weighted by atomic mass is 32.2. The van der Waals surface area contributed by atoms with Crippen molar-refractivity contribution in [1.82, 2.24) is 9.29 Å². The molecule has 0 saturated heterocycles. The molecule has 0 bridgehead atoms. The Bertz CT molecular complexity index is 793. The summed E-state index contributed by atoms with van der Waals surface area (Å²) >= 11 is 1.06. The highest BCUT2D eigenvalue weighted by Gasteiger charge is 2.15. The Labute approximate surface area is 133 Å². The summed E-state index contributed by atoms with van der Waals surface area (Å²) in [6, 6.07) is 4.77. The zero-order valence-electron chi connectivity index (χ0n) is 12.7. The number of rotatable bonds is 8. The molecule has 0 spiro atoms. The normalized spacial score (nSPS) is 12.1. The molecule has 0 aliphatic heterocycles. The first kappa shape index (κ1) is 17.1. The van der Waals surface area contributed by atoms with Gasteiger partial charge in [0.25, 0.3) is 0 Å². The number of benzene rings is 1. The van der Waals surface area contributed by atoms with Crippen molar-refractivity contribution in [1.29, 1.82) is 0 Å². The van der Waals surface area contributed by atoms with Crippen LogP contribution >= 0.6 is 11.3 Å². The third-order valence-corrected chi connectivity index (χ3v) is 5.63. The second-order valence-corrected chi connectivity index (χ2v) is 7.45. The molecule has 1 aromatic carbocycles. The number of aryl methyl sites for hydroxylation is 1. The number of fused-ring (bicyclic) bond motifs is 1. The molecule has 0 aliphatic rings. The topological polar surface area (TPSA) is 77.4 Å². The quantitative estimate of drug-likeness (QED) is 0.741. The number of thiazole rings is 1. The number of aromatic nitrogens is 1. The lowest BCUT2D eigenvalue weighted by Gasteiger charge is -2.07. The second-order valence-electron chi connectivity index (χ2n) is 4.69. The van der Waals surface area contributed by atoms with Crippen molar-refractivity contribution in [2.75, 3.05) is 19.8 Å². The summed E-state index contributed by atoms with van der Waals surface area (Å²) in [7, 11) is -3.56. The largest absolute Gasteiger partial charge is 0.382 e.